The van der Waals surface area contributed by atoms with E-state index in [4.69, 9.17) is 4.74 Å². The lowest BCUT2D eigenvalue weighted by molar-refractivity contribution is 0.159. The molecule has 1 aromatic carbocycles. The average molecular weight is 377 g/mol. The third kappa shape index (κ3) is 2.96. The smallest absolute Gasteiger partial charge is 0.410 e. The molecule has 5 rings (SSSR count). The Hall–Kier alpha value is -3.09. The highest BCUT2D eigenvalue weighted by Gasteiger charge is 2.44. The second kappa shape index (κ2) is 6.82. The van der Waals surface area contributed by atoms with Gasteiger partial charge in [-0.2, -0.15) is 0 Å². The van der Waals surface area contributed by atoms with Crippen molar-refractivity contribution in [3.63, 3.8) is 0 Å². The molecule has 3 heterocycles. The molecule has 0 unspecified atom stereocenters. The molecular formula is C21H23N5O2. The van der Waals surface area contributed by atoms with Crippen molar-refractivity contribution < 1.29 is 9.53 Å². The Morgan fingerprint density at radius 1 is 1.14 bits per heavy atom. The maximum Gasteiger partial charge on any atom is 0.415 e. The van der Waals surface area contributed by atoms with Crippen LogP contribution in [0.4, 0.5) is 10.6 Å². The fraction of sp³-hybridized carbons (Fsp3) is 0.381. The fourth-order valence-electron chi connectivity index (χ4n) is 4.70. The quantitative estimate of drug-likeness (QED) is 0.758. The predicted molar refractivity (Wildman–Crippen MR) is 106 cm³/mol. The highest BCUT2D eigenvalue weighted by Crippen LogP contribution is 2.41. The van der Waals surface area contributed by atoms with Gasteiger partial charge in [-0.25, -0.2) is 14.8 Å². The number of aromatic amines is 1. The number of anilines is 1. The standard InChI is InChI=1S/C21H23N5O2/c1-25(20-18-7-8-22-19(18)23-13-24-20)16-9-14-11-26(12-15(14)10-16)21(27)28-17-5-3-2-4-6-17/h2-8,13-16H,9-12H2,1H3,(H,22,23,24)/t14-,15+,16-. The third-order valence-electron chi connectivity index (χ3n) is 6.15. The van der Waals surface area contributed by atoms with Crippen LogP contribution in [0.1, 0.15) is 12.8 Å². The van der Waals surface area contributed by atoms with Crippen LogP contribution in [-0.4, -0.2) is 52.1 Å². The van der Waals surface area contributed by atoms with E-state index in [-0.39, 0.29) is 6.09 Å². The molecule has 1 saturated carbocycles. The van der Waals surface area contributed by atoms with E-state index in [1.807, 2.05) is 47.5 Å². The van der Waals surface area contributed by atoms with Crippen molar-refractivity contribution in [3.8, 4) is 5.75 Å². The summed E-state index contributed by atoms with van der Waals surface area (Å²) in [4.78, 5) is 28.6. The van der Waals surface area contributed by atoms with Gasteiger partial charge in [-0.05, 0) is 42.9 Å². The van der Waals surface area contributed by atoms with Gasteiger partial charge in [0.15, 0.2) is 0 Å². The van der Waals surface area contributed by atoms with E-state index in [1.54, 1.807) is 6.33 Å². The summed E-state index contributed by atoms with van der Waals surface area (Å²) in [7, 11) is 2.11. The van der Waals surface area contributed by atoms with E-state index in [9.17, 15) is 4.79 Å². The first kappa shape index (κ1) is 17.0. The van der Waals surface area contributed by atoms with Gasteiger partial charge in [0.25, 0.3) is 0 Å². The minimum Gasteiger partial charge on any atom is -0.410 e. The highest BCUT2D eigenvalue weighted by atomic mass is 16.6. The number of para-hydroxylation sites is 1. The van der Waals surface area contributed by atoms with Crippen molar-refractivity contribution >= 4 is 22.9 Å². The molecule has 1 N–H and O–H groups in total. The summed E-state index contributed by atoms with van der Waals surface area (Å²) in [6, 6.07) is 11.7. The molecule has 3 aromatic rings. The third-order valence-corrected chi connectivity index (χ3v) is 6.15. The number of nitrogens with zero attached hydrogens (tertiary/aromatic N) is 4. The van der Waals surface area contributed by atoms with Gasteiger partial charge in [0, 0.05) is 32.4 Å². The molecule has 7 heteroatoms. The number of rotatable bonds is 3. The van der Waals surface area contributed by atoms with Crippen LogP contribution in [0.5, 0.6) is 5.75 Å². The molecule has 2 aromatic heterocycles. The lowest BCUT2D eigenvalue weighted by atomic mass is 10.0. The molecule has 2 fully saturated rings. The molecule has 3 atom stereocenters. The molecule has 1 amide bonds. The van der Waals surface area contributed by atoms with Crippen molar-refractivity contribution in [1.82, 2.24) is 19.9 Å². The van der Waals surface area contributed by atoms with Crippen molar-refractivity contribution in [2.75, 3.05) is 25.0 Å². The van der Waals surface area contributed by atoms with Gasteiger partial charge >= 0.3 is 6.09 Å². The average Bonchev–Trinajstić information content (AvgIpc) is 3.42. The van der Waals surface area contributed by atoms with Crippen molar-refractivity contribution in [3.05, 3.63) is 48.9 Å². The maximum atomic E-state index is 12.5. The zero-order valence-corrected chi connectivity index (χ0v) is 15.8. The van der Waals surface area contributed by atoms with Crippen LogP contribution in [0.3, 0.4) is 0 Å². The van der Waals surface area contributed by atoms with Crippen LogP contribution in [0.15, 0.2) is 48.9 Å². The van der Waals surface area contributed by atoms with Crippen LogP contribution < -0.4 is 9.64 Å². The van der Waals surface area contributed by atoms with Gasteiger partial charge < -0.3 is 19.5 Å². The lowest BCUT2D eigenvalue weighted by Crippen LogP contribution is -2.35. The topological polar surface area (TPSA) is 74.4 Å². The number of likely N-dealkylation sites (tertiary alicyclic amines) is 1. The van der Waals surface area contributed by atoms with Crippen molar-refractivity contribution in [1.29, 1.82) is 0 Å². The summed E-state index contributed by atoms with van der Waals surface area (Å²) in [5, 5.41) is 1.05. The largest absolute Gasteiger partial charge is 0.415 e. The van der Waals surface area contributed by atoms with E-state index >= 15 is 0 Å². The number of aromatic nitrogens is 3. The highest BCUT2D eigenvalue weighted by molar-refractivity contribution is 5.87. The first-order chi connectivity index (χ1) is 13.7. The van der Waals surface area contributed by atoms with Crippen molar-refractivity contribution in [2.24, 2.45) is 11.8 Å². The Kier molecular flexibility index (Phi) is 4.15. The molecule has 2 aliphatic rings. The molecule has 7 nitrogen and oxygen atoms in total. The van der Waals surface area contributed by atoms with Crippen LogP contribution >= 0.6 is 0 Å². The number of fused-ring (bicyclic) bond motifs is 2. The summed E-state index contributed by atoms with van der Waals surface area (Å²) in [6.07, 6.45) is 5.39. The summed E-state index contributed by atoms with van der Waals surface area (Å²) < 4.78 is 5.50. The van der Waals surface area contributed by atoms with Crippen molar-refractivity contribution in [2.45, 2.75) is 18.9 Å². The van der Waals surface area contributed by atoms with Crippen LogP contribution in [0, 0.1) is 11.8 Å². The number of carbonyl (C=O) groups excluding carboxylic acids is 1. The van der Waals surface area contributed by atoms with E-state index in [0.29, 0.717) is 23.6 Å². The predicted octanol–water partition coefficient (Wildman–Crippen LogP) is 3.30. The fourth-order valence-corrected chi connectivity index (χ4v) is 4.70. The zero-order valence-electron chi connectivity index (χ0n) is 15.8. The maximum absolute atomic E-state index is 12.5. The van der Waals surface area contributed by atoms with E-state index in [2.05, 4.69) is 26.9 Å². The van der Waals surface area contributed by atoms with Gasteiger partial charge in [-0.3, -0.25) is 0 Å². The summed E-state index contributed by atoms with van der Waals surface area (Å²) in [5.41, 5.74) is 0.866. The number of H-pyrrole nitrogens is 1. The first-order valence-electron chi connectivity index (χ1n) is 9.72. The molecular weight excluding hydrogens is 354 g/mol. The monoisotopic (exact) mass is 377 g/mol. The van der Waals surface area contributed by atoms with E-state index < -0.39 is 0 Å². The summed E-state index contributed by atoms with van der Waals surface area (Å²) in [6.45, 7) is 1.54. The number of amides is 1. The second-order valence-corrected chi connectivity index (χ2v) is 7.78. The summed E-state index contributed by atoms with van der Waals surface area (Å²) >= 11 is 0. The number of nitrogens with one attached hydrogen (secondary N) is 1. The molecule has 0 radical (unpaired) electrons. The Bertz CT molecular complexity index is 975. The Labute approximate surface area is 163 Å². The van der Waals surface area contributed by atoms with Crippen LogP contribution in [-0.2, 0) is 0 Å². The molecule has 1 aliphatic carbocycles. The number of ether oxygens (including phenoxy) is 1. The molecule has 1 saturated heterocycles. The van der Waals surface area contributed by atoms with Gasteiger partial charge in [0.05, 0.1) is 5.39 Å². The van der Waals surface area contributed by atoms with Gasteiger partial charge in [0.1, 0.15) is 23.5 Å². The minimum absolute atomic E-state index is 0.240. The van der Waals surface area contributed by atoms with Gasteiger partial charge in [-0.1, -0.05) is 18.2 Å². The number of benzene rings is 1. The first-order valence-corrected chi connectivity index (χ1v) is 9.72. The minimum atomic E-state index is -0.240. The molecule has 0 spiro atoms. The van der Waals surface area contributed by atoms with Gasteiger partial charge in [0.2, 0.25) is 0 Å². The molecule has 144 valence electrons. The van der Waals surface area contributed by atoms with Crippen LogP contribution in [0.25, 0.3) is 11.0 Å². The number of hydrogen-bond donors (Lipinski definition) is 1. The Morgan fingerprint density at radius 2 is 1.89 bits per heavy atom. The lowest BCUT2D eigenvalue weighted by Gasteiger charge is -2.27. The normalized spacial score (nSPS) is 23.8. The Morgan fingerprint density at radius 3 is 2.64 bits per heavy atom. The number of hydrogen-bond acceptors (Lipinski definition) is 5. The zero-order chi connectivity index (χ0) is 19.1. The number of carbonyl (C=O) groups is 1. The van der Waals surface area contributed by atoms with Crippen LogP contribution in [0.2, 0.25) is 0 Å². The van der Waals surface area contributed by atoms with E-state index in [0.717, 1.165) is 42.8 Å². The van der Waals surface area contributed by atoms with Gasteiger partial charge in [-0.15, -0.1) is 0 Å². The second-order valence-electron chi connectivity index (χ2n) is 7.78. The van der Waals surface area contributed by atoms with E-state index in [1.165, 1.54) is 0 Å². The molecule has 28 heavy (non-hydrogen) atoms. The molecule has 1 aliphatic heterocycles. The summed E-state index contributed by atoms with van der Waals surface area (Å²) in [5.74, 6) is 2.59. The SMILES string of the molecule is CN(c1ncnc2[nH]ccc12)[C@@H]1C[C@@H]2CN(C(=O)Oc3ccccc3)C[C@@H]2C1. The Balaban J connectivity index is 1.23. The molecule has 0 bridgehead atoms.